The number of nitrogens with one attached hydrogen (secondary N) is 1. The number of carboxylic acids is 1. The fourth-order valence-electron chi connectivity index (χ4n) is 1.97. The molecule has 2 N–H and O–H groups in total. The second-order valence-electron chi connectivity index (χ2n) is 5.06. The van der Waals surface area contributed by atoms with Crippen LogP contribution in [0.25, 0.3) is 0 Å². The molecule has 1 aromatic rings. The molecule has 0 unspecified atom stereocenters. The first-order valence-corrected chi connectivity index (χ1v) is 6.35. The topological polar surface area (TPSA) is 127 Å². The van der Waals surface area contributed by atoms with E-state index in [1.807, 2.05) is 0 Å². The molecule has 1 aromatic heterocycles. The Morgan fingerprint density at radius 1 is 1.43 bits per heavy atom. The first-order valence-electron chi connectivity index (χ1n) is 6.35. The van der Waals surface area contributed by atoms with Crippen LogP contribution in [0.3, 0.4) is 0 Å². The van der Waals surface area contributed by atoms with E-state index in [2.05, 4.69) is 10.4 Å². The third-order valence-electron chi connectivity index (χ3n) is 3.07. The Morgan fingerprint density at radius 2 is 2.00 bits per heavy atom. The Hall–Kier alpha value is -2.45. The van der Waals surface area contributed by atoms with Crippen LogP contribution in [0.2, 0.25) is 0 Å². The lowest BCUT2D eigenvalue weighted by Crippen LogP contribution is -2.45. The van der Waals surface area contributed by atoms with Crippen molar-refractivity contribution in [1.29, 1.82) is 0 Å². The molecule has 1 amide bonds. The second-order valence-corrected chi connectivity index (χ2v) is 5.06. The Balaban J connectivity index is 2.87. The molecule has 0 saturated carbocycles. The third kappa shape index (κ3) is 3.77. The van der Waals surface area contributed by atoms with Crippen LogP contribution < -0.4 is 5.32 Å². The van der Waals surface area contributed by atoms with Gasteiger partial charge in [0.25, 0.3) is 0 Å². The lowest BCUT2D eigenvalue weighted by atomic mass is 10.1. The number of aliphatic carboxylic acids is 1. The van der Waals surface area contributed by atoms with Gasteiger partial charge in [-0.2, -0.15) is 5.10 Å². The summed E-state index contributed by atoms with van der Waals surface area (Å²) in [4.78, 5) is 33.2. The summed E-state index contributed by atoms with van der Waals surface area (Å²) in [5.41, 5.74) is 0.328. The van der Waals surface area contributed by atoms with Gasteiger partial charge < -0.3 is 10.4 Å². The van der Waals surface area contributed by atoms with E-state index in [0.717, 1.165) is 0 Å². The van der Waals surface area contributed by atoms with E-state index in [1.165, 1.54) is 18.5 Å². The van der Waals surface area contributed by atoms with Crippen molar-refractivity contribution in [3.8, 4) is 0 Å². The lowest BCUT2D eigenvalue weighted by Gasteiger charge is -2.17. The van der Waals surface area contributed by atoms with Crippen molar-refractivity contribution >= 4 is 17.6 Å². The lowest BCUT2D eigenvalue weighted by molar-refractivity contribution is -0.386. The Bertz CT molecular complexity index is 578. The molecule has 0 bridgehead atoms. The van der Waals surface area contributed by atoms with Gasteiger partial charge in [-0.15, -0.1) is 0 Å². The van der Waals surface area contributed by atoms with Crippen molar-refractivity contribution in [1.82, 2.24) is 15.1 Å². The van der Waals surface area contributed by atoms with Crippen LogP contribution >= 0.6 is 0 Å². The minimum absolute atomic E-state index is 0.138. The van der Waals surface area contributed by atoms with Gasteiger partial charge in [0.05, 0.1) is 4.92 Å². The summed E-state index contributed by atoms with van der Waals surface area (Å²) < 4.78 is 1.20. The maximum atomic E-state index is 11.9. The fraction of sp³-hybridized carbons (Fsp3) is 0.583. The molecule has 116 valence electrons. The van der Waals surface area contributed by atoms with E-state index >= 15 is 0 Å². The molecule has 0 aromatic carbocycles. The van der Waals surface area contributed by atoms with Gasteiger partial charge >= 0.3 is 11.7 Å². The predicted octanol–water partition coefficient (Wildman–Crippen LogP) is 0.634. The Kier molecular flexibility index (Phi) is 5.01. The molecule has 0 aliphatic heterocycles. The molecule has 1 atom stereocenters. The van der Waals surface area contributed by atoms with Crippen LogP contribution in [0, 0.1) is 29.9 Å². The molecule has 21 heavy (non-hydrogen) atoms. The monoisotopic (exact) mass is 298 g/mol. The van der Waals surface area contributed by atoms with E-state index < -0.39 is 22.8 Å². The number of carbonyl (C=O) groups is 2. The average Bonchev–Trinajstić information content (AvgIpc) is 2.60. The summed E-state index contributed by atoms with van der Waals surface area (Å²) in [5.74, 6) is -1.96. The molecule has 0 spiro atoms. The zero-order valence-corrected chi connectivity index (χ0v) is 12.3. The molecular formula is C12H18N4O5. The quantitative estimate of drug-likeness (QED) is 0.585. The number of aryl methyl sites for hydroxylation is 1. The van der Waals surface area contributed by atoms with E-state index in [0.29, 0.717) is 0 Å². The predicted molar refractivity (Wildman–Crippen MR) is 72.8 cm³/mol. The normalized spacial score (nSPS) is 12.2. The van der Waals surface area contributed by atoms with Gasteiger partial charge in [-0.1, -0.05) is 13.8 Å². The molecule has 9 heteroatoms. The fourth-order valence-corrected chi connectivity index (χ4v) is 1.97. The highest BCUT2D eigenvalue weighted by Gasteiger charge is 2.26. The van der Waals surface area contributed by atoms with Gasteiger partial charge in [0.1, 0.15) is 24.0 Å². The summed E-state index contributed by atoms with van der Waals surface area (Å²) in [7, 11) is 0. The number of carbonyl (C=O) groups excluding carboxylic acids is 1. The highest BCUT2D eigenvalue weighted by molar-refractivity contribution is 5.83. The maximum Gasteiger partial charge on any atom is 0.326 e. The largest absolute Gasteiger partial charge is 0.480 e. The van der Waals surface area contributed by atoms with Gasteiger partial charge in [0.2, 0.25) is 5.91 Å². The number of hydrogen-bond donors (Lipinski definition) is 2. The van der Waals surface area contributed by atoms with Gasteiger partial charge in [0.15, 0.2) is 0 Å². The molecule has 0 fully saturated rings. The number of hydrogen-bond acceptors (Lipinski definition) is 5. The Labute approximate surface area is 121 Å². The van der Waals surface area contributed by atoms with Crippen molar-refractivity contribution in [3.63, 3.8) is 0 Å². The highest BCUT2D eigenvalue weighted by Crippen LogP contribution is 2.21. The minimum Gasteiger partial charge on any atom is -0.480 e. The minimum atomic E-state index is -1.13. The van der Waals surface area contributed by atoms with Crippen LogP contribution in [0.5, 0.6) is 0 Å². The zero-order valence-electron chi connectivity index (χ0n) is 12.3. The summed E-state index contributed by atoms with van der Waals surface area (Å²) in [6.07, 6.45) is 0. The van der Waals surface area contributed by atoms with Crippen molar-refractivity contribution in [3.05, 3.63) is 21.5 Å². The number of carboxylic acid groups (broad SMARTS) is 1. The third-order valence-corrected chi connectivity index (χ3v) is 3.07. The number of rotatable bonds is 6. The van der Waals surface area contributed by atoms with Crippen LogP contribution in [0.4, 0.5) is 5.69 Å². The standard InChI is InChI=1S/C12H18N4O5/c1-6(2)10(12(18)19)13-9(17)5-15-8(4)11(16(20)21)7(3)14-15/h6,10H,5H2,1-4H3,(H,13,17)(H,18,19)/t10-/m0/s1. The van der Waals surface area contributed by atoms with Crippen molar-refractivity contribution in [2.75, 3.05) is 0 Å². The van der Waals surface area contributed by atoms with Gasteiger partial charge in [0, 0.05) is 0 Å². The van der Waals surface area contributed by atoms with E-state index in [4.69, 9.17) is 5.11 Å². The van der Waals surface area contributed by atoms with Gasteiger partial charge in [-0.3, -0.25) is 19.6 Å². The summed E-state index contributed by atoms with van der Waals surface area (Å²) in [6, 6.07) is -1.01. The molecular weight excluding hydrogens is 280 g/mol. The first kappa shape index (κ1) is 16.6. The first-order chi connectivity index (χ1) is 9.65. The Morgan fingerprint density at radius 3 is 2.38 bits per heavy atom. The van der Waals surface area contributed by atoms with Gasteiger partial charge in [-0.25, -0.2) is 4.79 Å². The number of nitro groups is 1. The molecule has 9 nitrogen and oxygen atoms in total. The number of nitrogens with zero attached hydrogens (tertiary/aromatic N) is 3. The molecule has 1 rings (SSSR count). The second kappa shape index (κ2) is 6.33. The molecule has 0 radical (unpaired) electrons. The average molecular weight is 298 g/mol. The molecule has 0 saturated heterocycles. The smallest absolute Gasteiger partial charge is 0.326 e. The van der Waals surface area contributed by atoms with E-state index in [1.54, 1.807) is 13.8 Å². The molecule has 0 aliphatic rings. The van der Waals surface area contributed by atoms with Crippen LogP contribution in [-0.4, -0.2) is 37.7 Å². The number of amides is 1. The van der Waals surface area contributed by atoms with Gasteiger partial charge in [-0.05, 0) is 19.8 Å². The SMILES string of the molecule is Cc1nn(CC(=O)N[C@H](C(=O)O)C(C)C)c(C)c1[N+](=O)[O-]. The summed E-state index contributed by atoms with van der Waals surface area (Å²) >= 11 is 0. The van der Waals surface area contributed by atoms with E-state index in [-0.39, 0.29) is 29.5 Å². The van der Waals surface area contributed by atoms with E-state index in [9.17, 15) is 19.7 Å². The molecule has 0 aliphatic carbocycles. The maximum absolute atomic E-state index is 11.9. The summed E-state index contributed by atoms with van der Waals surface area (Å²) in [5, 5.41) is 26.2. The van der Waals surface area contributed by atoms with Crippen LogP contribution in [0.1, 0.15) is 25.2 Å². The highest BCUT2D eigenvalue weighted by atomic mass is 16.6. The van der Waals surface area contributed by atoms with Crippen LogP contribution in [0.15, 0.2) is 0 Å². The number of aromatic nitrogens is 2. The van der Waals surface area contributed by atoms with Crippen molar-refractivity contribution < 1.29 is 19.6 Å². The van der Waals surface area contributed by atoms with Crippen molar-refractivity contribution in [2.24, 2.45) is 5.92 Å². The van der Waals surface area contributed by atoms with Crippen LogP contribution in [-0.2, 0) is 16.1 Å². The molecule has 1 heterocycles. The zero-order chi connectivity index (χ0) is 16.3. The van der Waals surface area contributed by atoms with Crippen molar-refractivity contribution in [2.45, 2.75) is 40.3 Å². The summed E-state index contributed by atoms with van der Waals surface area (Å²) in [6.45, 7) is 6.05.